The second-order valence-electron chi connectivity index (χ2n) is 4.37. The first kappa shape index (κ1) is 17.0. The van der Waals surface area contributed by atoms with Crippen molar-refractivity contribution in [3.05, 3.63) is 38.8 Å². The Balaban J connectivity index is 2.47. The Morgan fingerprint density at radius 1 is 1.36 bits per heavy atom. The molecule has 0 atom stereocenters. The normalized spacial score (nSPS) is 11.5. The number of halogens is 4. The Kier molecular flexibility index (Phi) is 4.91. The summed E-state index contributed by atoms with van der Waals surface area (Å²) < 4.78 is 43.8. The number of aromatic nitrogens is 1. The molecule has 0 fully saturated rings. The Hall–Kier alpha value is -1.41. The summed E-state index contributed by atoms with van der Waals surface area (Å²) in [6.45, 7) is 3.56. The first-order valence-electron chi connectivity index (χ1n) is 6.25. The van der Waals surface area contributed by atoms with Crippen LogP contribution in [0.4, 0.5) is 13.2 Å². The van der Waals surface area contributed by atoms with Crippen LogP contribution in [0.25, 0.3) is 10.6 Å². The second kappa shape index (κ2) is 6.37. The third kappa shape index (κ3) is 3.67. The number of rotatable bonds is 3. The number of benzene rings is 1. The van der Waals surface area contributed by atoms with Gasteiger partial charge >= 0.3 is 12.1 Å². The van der Waals surface area contributed by atoms with E-state index in [2.05, 4.69) is 20.9 Å². The maximum Gasteiger partial charge on any atom is 0.416 e. The molecule has 0 unspecified atom stereocenters. The van der Waals surface area contributed by atoms with E-state index < -0.39 is 17.7 Å². The molecule has 3 nitrogen and oxygen atoms in total. The fraction of sp³-hybridized carbons (Fsp3) is 0.286. The van der Waals surface area contributed by atoms with Gasteiger partial charge in [0.05, 0.1) is 12.2 Å². The molecule has 2 aromatic rings. The van der Waals surface area contributed by atoms with Crippen LogP contribution in [-0.2, 0) is 10.9 Å². The number of carbonyl (C=O) groups is 1. The quantitative estimate of drug-likeness (QED) is 0.682. The van der Waals surface area contributed by atoms with E-state index in [1.807, 2.05) is 0 Å². The molecule has 2 rings (SSSR count). The van der Waals surface area contributed by atoms with E-state index in [4.69, 9.17) is 4.74 Å². The molecule has 0 bridgehead atoms. The Morgan fingerprint density at radius 3 is 2.64 bits per heavy atom. The van der Waals surface area contributed by atoms with Crippen molar-refractivity contribution in [2.75, 3.05) is 6.61 Å². The van der Waals surface area contributed by atoms with Gasteiger partial charge in [-0.05, 0) is 32.0 Å². The molecule has 0 N–H and O–H groups in total. The van der Waals surface area contributed by atoms with Crippen molar-refractivity contribution < 1.29 is 22.7 Å². The number of ether oxygens (including phenoxy) is 1. The van der Waals surface area contributed by atoms with E-state index in [0.717, 1.165) is 23.5 Å². The minimum atomic E-state index is -4.45. The molecule has 1 aromatic heterocycles. The van der Waals surface area contributed by atoms with Crippen molar-refractivity contribution in [3.8, 4) is 10.6 Å². The highest BCUT2D eigenvalue weighted by Crippen LogP contribution is 2.36. The summed E-state index contributed by atoms with van der Waals surface area (Å²) in [5.41, 5.74) is -0.344. The van der Waals surface area contributed by atoms with Crippen molar-refractivity contribution in [1.82, 2.24) is 4.98 Å². The van der Waals surface area contributed by atoms with Crippen LogP contribution in [-0.4, -0.2) is 17.6 Å². The van der Waals surface area contributed by atoms with E-state index in [0.29, 0.717) is 19.9 Å². The van der Waals surface area contributed by atoms with E-state index in [1.54, 1.807) is 13.8 Å². The number of esters is 1. The lowest BCUT2D eigenvalue weighted by Crippen LogP contribution is -2.06. The first-order chi connectivity index (χ1) is 10.2. The van der Waals surface area contributed by atoms with Crippen LogP contribution in [0.5, 0.6) is 0 Å². The largest absolute Gasteiger partial charge is 0.461 e. The van der Waals surface area contributed by atoms with Gasteiger partial charge in [-0.3, -0.25) is 0 Å². The van der Waals surface area contributed by atoms with Crippen LogP contribution in [0.1, 0.15) is 27.9 Å². The lowest BCUT2D eigenvalue weighted by atomic mass is 10.1. The van der Waals surface area contributed by atoms with E-state index >= 15 is 0 Å². The van der Waals surface area contributed by atoms with Gasteiger partial charge in [0, 0.05) is 14.9 Å². The van der Waals surface area contributed by atoms with Crippen LogP contribution in [0.3, 0.4) is 0 Å². The lowest BCUT2D eigenvalue weighted by Gasteiger charge is -2.08. The molecule has 0 saturated heterocycles. The summed E-state index contributed by atoms with van der Waals surface area (Å²) in [6.07, 6.45) is -4.45. The zero-order valence-electron chi connectivity index (χ0n) is 11.6. The molecule has 0 aliphatic heterocycles. The number of hydrogen-bond acceptors (Lipinski definition) is 4. The van der Waals surface area contributed by atoms with Crippen molar-refractivity contribution >= 4 is 33.2 Å². The van der Waals surface area contributed by atoms with Crippen molar-refractivity contribution in [2.24, 2.45) is 0 Å². The topological polar surface area (TPSA) is 39.2 Å². The summed E-state index contributed by atoms with van der Waals surface area (Å²) >= 11 is 4.22. The van der Waals surface area contributed by atoms with Gasteiger partial charge < -0.3 is 4.74 Å². The number of nitrogens with zero attached hydrogens (tertiary/aromatic N) is 1. The molecule has 0 radical (unpaired) electrons. The average Bonchev–Trinajstić information content (AvgIpc) is 2.79. The molecule has 0 aliphatic carbocycles. The van der Waals surface area contributed by atoms with Gasteiger partial charge in [0.1, 0.15) is 5.01 Å². The molecule has 0 spiro atoms. The van der Waals surface area contributed by atoms with Crippen molar-refractivity contribution in [1.29, 1.82) is 0 Å². The van der Waals surface area contributed by atoms with Gasteiger partial charge in [0.15, 0.2) is 5.69 Å². The third-order valence-electron chi connectivity index (χ3n) is 2.74. The van der Waals surface area contributed by atoms with Crippen LogP contribution < -0.4 is 0 Å². The Labute approximate surface area is 137 Å². The standard InChI is InChI=1S/C14H11BrF3NO2S/c1-3-21-13(20)11-7(2)22-12(19-11)8-4-9(14(16,17)18)6-10(15)5-8/h4-6H,3H2,1-2H3. The zero-order valence-corrected chi connectivity index (χ0v) is 14.0. The minimum absolute atomic E-state index is 0.135. The molecule has 1 heterocycles. The van der Waals surface area contributed by atoms with E-state index in [-0.39, 0.29) is 12.3 Å². The number of hydrogen-bond donors (Lipinski definition) is 0. The summed E-state index contributed by atoms with van der Waals surface area (Å²) in [5, 5.41) is 0.340. The molecule has 0 aliphatic rings. The molecular weight excluding hydrogens is 383 g/mol. The van der Waals surface area contributed by atoms with Gasteiger partial charge in [-0.2, -0.15) is 13.2 Å². The molecule has 22 heavy (non-hydrogen) atoms. The fourth-order valence-electron chi connectivity index (χ4n) is 1.79. The minimum Gasteiger partial charge on any atom is -0.461 e. The molecule has 8 heteroatoms. The highest BCUT2D eigenvalue weighted by Gasteiger charge is 2.31. The maximum atomic E-state index is 12.9. The Morgan fingerprint density at radius 2 is 2.05 bits per heavy atom. The molecule has 118 valence electrons. The summed E-state index contributed by atoms with van der Waals surface area (Å²) in [7, 11) is 0. The number of alkyl halides is 3. The average molecular weight is 394 g/mol. The summed E-state index contributed by atoms with van der Waals surface area (Å²) in [5.74, 6) is -0.575. The predicted molar refractivity (Wildman–Crippen MR) is 80.9 cm³/mol. The highest BCUT2D eigenvalue weighted by molar-refractivity contribution is 9.10. The fourth-order valence-corrected chi connectivity index (χ4v) is 3.17. The van der Waals surface area contributed by atoms with Crippen LogP contribution in [0.15, 0.2) is 22.7 Å². The Bertz CT molecular complexity index is 713. The van der Waals surface area contributed by atoms with Crippen LogP contribution in [0.2, 0.25) is 0 Å². The number of aryl methyl sites for hydroxylation is 1. The summed E-state index contributed by atoms with van der Waals surface area (Å²) in [6, 6.07) is 3.54. The van der Waals surface area contributed by atoms with Gasteiger partial charge in [0.25, 0.3) is 0 Å². The van der Waals surface area contributed by atoms with Crippen molar-refractivity contribution in [2.45, 2.75) is 20.0 Å². The monoisotopic (exact) mass is 393 g/mol. The SMILES string of the molecule is CCOC(=O)c1nc(-c2cc(Br)cc(C(F)(F)F)c2)sc1C. The first-order valence-corrected chi connectivity index (χ1v) is 7.86. The van der Waals surface area contributed by atoms with Gasteiger partial charge in [-0.1, -0.05) is 15.9 Å². The van der Waals surface area contributed by atoms with E-state index in [9.17, 15) is 18.0 Å². The van der Waals surface area contributed by atoms with Gasteiger partial charge in [-0.25, -0.2) is 9.78 Å². The van der Waals surface area contributed by atoms with Crippen LogP contribution >= 0.6 is 27.3 Å². The smallest absolute Gasteiger partial charge is 0.416 e. The lowest BCUT2D eigenvalue weighted by molar-refractivity contribution is -0.137. The maximum absolute atomic E-state index is 12.9. The molecule has 1 aromatic carbocycles. The number of thiazole rings is 1. The second-order valence-corrected chi connectivity index (χ2v) is 6.49. The zero-order chi connectivity index (χ0) is 16.5. The predicted octanol–water partition coefficient (Wildman–Crippen LogP) is 5.08. The van der Waals surface area contributed by atoms with Crippen molar-refractivity contribution in [3.63, 3.8) is 0 Å². The molecule has 0 amide bonds. The van der Waals surface area contributed by atoms with Crippen LogP contribution in [0, 0.1) is 6.92 Å². The van der Waals surface area contributed by atoms with Gasteiger partial charge in [0.2, 0.25) is 0 Å². The highest BCUT2D eigenvalue weighted by atomic mass is 79.9. The summed E-state index contributed by atoms with van der Waals surface area (Å²) in [4.78, 5) is 16.5. The van der Waals surface area contributed by atoms with Gasteiger partial charge in [-0.15, -0.1) is 11.3 Å². The third-order valence-corrected chi connectivity index (χ3v) is 4.22. The molecular formula is C14H11BrF3NO2S. The molecule has 0 saturated carbocycles. The van der Waals surface area contributed by atoms with E-state index in [1.165, 1.54) is 6.07 Å². The number of carbonyl (C=O) groups excluding carboxylic acids is 1.